The molecular weight excluding hydrogens is 250 g/mol. The molecule has 0 bridgehead atoms. The van der Waals surface area contributed by atoms with Crippen LogP contribution in [-0.2, 0) is 4.79 Å². The van der Waals surface area contributed by atoms with E-state index in [4.69, 9.17) is 0 Å². The zero-order chi connectivity index (χ0) is 14.6. The third-order valence-electron chi connectivity index (χ3n) is 2.98. The van der Waals surface area contributed by atoms with Crippen molar-refractivity contribution in [1.82, 2.24) is 10.6 Å². The summed E-state index contributed by atoms with van der Waals surface area (Å²) in [6, 6.07) is 3.23. The Labute approximate surface area is 112 Å². The summed E-state index contributed by atoms with van der Waals surface area (Å²) in [5, 5.41) is 5.83. The molecule has 1 unspecified atom stereocenters. The van der Waals surface area contributed by atoms with Crippen LogP contribution in [-0.4, -0.2) is 18.0 Å². The lowest BCUT2D eigenvalue weighted by atomic mass is 10.0. The molecule has 1 amide bonds. The molecule has 2 N–H and O–H groups in total. The Bertz CT molecular complexity index is 461. The molecule has 1 rings (SSSR count). The van der Waals surface area contributed by atoms with E-state index in [0.29, 0.717) is 12.1 Å². The van der Waals surface area contributed by atoms with Crippen molar-refractivity contribution >= 4 is 5.91 Å². The normalized spacial score (nSPS) is 13.2. The summed E-state index contributed by atoms with van der Waals surface area (Å²) in [5.41, 5.74) is -0.179. The van der Waals surface area contributed by atoms with Gasteiger partial charge in [-0.25, -0.2) is 8.78 Å². The van der Waals surface area contributed by atoms with Crippen LogP contribution in [0.2, 0.25) is 0 Å². The molecule has 0 fully saturated rings. The molecular formula is C14H20F2N2O. The molecule has 0 saturated carbocycles. The van der Waals surface area contributed by atoms with Crippen molar-refractivity contribution in [2.45, 2.75) is 39.3 Å². The van der Waals surface area contributed by atoms with Crippen molar-refractivity contribution < 1.29 is 13.6 Å². The Morgan fingerprint density at radius 2 is 1.95 bits per heavy atom. The Balaban J connectivity index is 2.76. The minimum atomic E-state index is -0.912. The average Bonchev–Trinajstić information content (AvgIpc) is 2.32. The quantitative estimate of drug-likeness (QED) is 0.863. The van der Waals surface area contributed by atoms with Crippen LogP contribution in [0.4, 0.5) is 8.78 Å². The van der Waals surface area contributed by atoms with E-state index in [1.54, 1.807) is 20.8 Å². The van der Waals surface area contributed by atoms with E-state index in [-0.39, 0.29) is 11.9 Å². The van der Waals surface area contributed by atoms with Gasteiger partial charge in [-0.3, -0.25) is 4.79 Å². The predicted octanol–water partition coefficient (Wildman–Crippen LogP) is 2.53. The molecule has 106 valence electrons. The Morgan fingerprint density at radius 3 is 2.47 bits per heavy atom. The zero-order valence-electron chi connectivity index (χ0n) is 11.7. The minimum absolute atomic E-state index is 0.188. The van der Waals surface area contributed by atoms with E-state index in [1.807, 2.05) is 6.92 Å². The van der Waals surface area contributed by atoms with Gasteiger partial charge in [0.25, 0.3) is 0 Å². The molecule has 0 heterocycles. The number of carbonyl (C=O) groups is 1. The van der Waals surface area contributed by atoms with Gasteiger partial charge in [0, 0.05) is 0 Å². The van der Waals surface area contributed by atoms with Crippen LogP contribution in [0.3, 0.4) is 0 Å². The maximum absolute atomic E-state index is 13.1. The van der Waals surface area contributed by atoms with Crippen LogP contribution in [0, 0.1) is 11.6 Å². The summed E-state index contributed by atoms with van der Waals surface area (Å²) in [5.74, 6) is -1.99. The first-order valence-electron chi connectivity index (χ1n) is 6.29. The SMILES string of the molecule is CCNC(C)(C)C(=O)NC(C)c1ccc(F)c(F)c1. The van der Waals surface area contributed by atoms with Gasteiger partial charge < -0.3 is 10.6 Å². The van der Waals surface area contributed by atoms with E-state index in [1.165, 1.54) is 6.07 Å². The maximum Gasteiger partial charge on any atom is 0.240 e. The smallest absolute Gasteiger partial charge is 0.240 e. The molecule has 0 aromatic heterocycles. The van der Waals surface area contributed by atoms with Gasteiger partial charge in [0.2, 0.25) is 5.91 Å². The third-order valence-corrected chi connectivity index (χ3v) is 2.98. The molecule has 1 aromatic carbocycles. The lowest BCUT2D eigenvalue weighted by Crippen LogP contribution is -2.52. The molecule has 3 nitrogen and oxygen atoms in total. The van der Waals surface area contributed by atoms with E-state index in [9.17, 15) is 13.6 Å². The standard InChI is InChI=1S/C14H20F2N2O/c1-5-17-14(3,4)13(19)18-9(2)10-6-7-11(15)12(16)8-10/h6-9,17H,5H2,1-4H3,(H,18,19). The van der Waals surface area contributed by atoms with E-state index < -0.39 is 17.2 Å². The number of amides is 1. The Hall–Kier alpha value is -1.49. The van der Waals surface area contributed by atoms with Crippen LogP contribution in [0.15, 0.2) is 18.2 Å². The van der Waals surface area contributed by atoms with Gasteiger partial charge >= 0.3 is 0 Å². The maximum atomic E-state index is 13.1. The molecule has 0 aliphatic rings. The highest BCUT2D eigenvalue weighted by atomic mass is 19.2. The lowest BCUT2D eigenvalue weighted by Gasteiger charge is -2.27. The highest BCUT2D eigenvalue weighted by Gasteiger charge is 2.27. The van der Waals surface area contributed by atoms with Gasteiger partial charge in [0.15, 0.2) is 11.6 Å². The summed E-state index contributed by atoms with van der Waals surface area (Å²) in [6.45, 7) is 7.84. The van der Waals surface area contributed by atoms with Crippen LogP contribution >= 0.6 is 0 Å². The number of rotatable bonds is 5. The van der Waals surface area contributed by atoms with Crippen molar-refractivity contribution in [1.29, 1.82) is 0 Å². The van der Waals surface area contributed by atoms with Crippen molar-refractivity contribution in [3.63, 3.8) is 0 Å². The van der Waals surface area contributed by atoms with Crippen molar-refractivity contribution in [3.05, 3.63) is 35.4 Å². The molecule has 1 aromatic rings. The summed E-state index contributed by atoms with van der Waals surface area (Å²) in [4.78, 5) is 12.0. The van der Waals surface area contributed by atoms with Crippen LogP contribution in [0.25, 0.3) is 0 Å². The fourth-order valence-electron chi connectivity index (χ4n) is 1.76. The average molecular weight is 270 g/mol. The zero-order valence-corrected chi connectivity index (χ0v) is 11.7. The van der Waals surface area contributed by atoms with E-state index in [0.717, 1.165) is 12.1 Å². The number of hydrogen-bond donors (Lipinski definition) is 2. The van der Waals surface area contributed by atoms with Gasteiger partial charge in [-0.1, -0.05) is 13.0 Å². The van der Waals surface area contributed by atoms with Gasteiger partial charge in [-0.15, -0.1) is 0 Å². The fourth-order valence-corrected chi connectivity index (χ4v) is 1.76. The lowest BCUT2D eigenvalue weighted by molar-refractivity contribution is -0.127. The molecule has 0 saturated heterocycles. The number of benzene rings is 1. The summed E-state index contributed by atoms with van der Waals surface area (Å²) in [7, 11) is 0. The molecule has 0 spiro atoms. The Morgan fingerprint density at radius 1 is 1.32 bits per heavy atom. The number of halogens is 2. The first-order chi connectivity index (χ1) is 8.77. The highest BCUT2D eigenvalue weighted by molar-refractivity contribution is 5.85. The number of hydrogen-bond acceptors (Lipinski definition) is 2. The van der Waals surface area contributed by atoms with Crippen molar-refractivity contribution in [2.24, 2.45) is 0 Å². The monoisotopic (exact) mass is 270 g/mol. The Kier molecular flexibility index (Phi) is 5.00. The fraction of sp³-hybridized carbons (Fsp3) is 0.500. The number of nitrogens with one attached hydrogen (secondary N) is 2. The number of carbonyl (C=O) groups excluding carboxylic acids is 1. The summed E-state index contributed by atoms with van der Waals surface area (Å²) >= 11 is 0. The summed E-state index contributed by atoms with van der Waals surface area (Å²) in [6.07, 6.45) is 0. The van der Waals surface area contributed by atoms with Gasteiger partial charge in [0.05, 0.1) is 11.6 Å². The van der Waals surface area contributed by atoms with Gasteiger partial charge in [0.1, 0.15) is 0 Å². The van der Waals surface area contributed by atoms with E-state index >= 15 is 0 Å². The molecule has 0 radical (unpaired) electrons. The predicted molar refractivity (Wildman–Crippen MR) is 70.7 cm³/mol. The number of likely N-dealkylation sites (N-methyl/N-ethyl adjacent to an activating group) is 1. The van der Waals surface area contributed by atoms with Crippen molar-refractivity contribution in [2.75, 3.05) is 6.54 Å². The largest absolute Gasteiger partial charge is 0.348 e. The highest BCUT2D eigenvalue weighted by Crippen LogP contribution is 2.17. The molecule has 5 heteroatoms. The van der Waals surface area contributed by atoms with Crippen LogP contribution in [0.5, 0.6) is 0 Å². The second-order valence-electron chi connectivity index (χ2n) is 5.02. The third kappa shape index (κ3) is 3.99. The molecule has 1 atom stereocenters. The first kappa shape index (κ1) is 15.6. The minimum Gasteiger partial charge on any atom is -0.348 e. The molecule has 19 heavy (non-hydrogen) atoms. The van der Waals surface area contributed by atoms with Gasteiger partial charge in [-0.2, -0.15) is 0 Å². The van der Waals surface area contributed by atoms with Crippen LogP contribution < -0.4 is 10.6 Å². The molecule has 0 aliphatic carbocycles. The van der Waals surface area contributed by atoms with Crippen molar-refractivity contribution in [3.8, 4) is 0 Å². The van der Waals surface area contributed by atoms with Gasteiger partial charge in [-0.05, 0) is 45.0 Å². The second-order valence-corrected chi connectivity index (χ2v) is 5.02. The first-order valence-corrected chi connectivity index (χ1v) is 6.29. The molecule has 0 aliphatic heterocycles. The second kappa shape index (κ2) is 6.10. The van der Waals surface area contributed by atoms with E-state index in [2.05, 4.69) is 10.6 Å². The van der Waals surface area contributed by atoms with Crippen LogP contribution in [0.1, 0.15) is 39.3 Å². The summed E-state index contributed by atoms with van der Waals surface area (Å²) < 4.78 is 26.0. The topological polar surface area (TPSA) is 41.1 Å².